The third kappa shape index (κ3) is 2.57. The minimum atomic E-state index is -0.476. The van der Waals surface area contributed by atoms with Gasteiger partial charge >= 0.3 is 0 Å². The zero-order chi connectivity index (χ0) is 15.0. The van der Waals surface area contributed by atoms with Crippen molar-refractivity contribution < 1.29 is 4.79 Å². The minimum Gasteiger partial charge on any atom is -0.325 e. The lowest BCUT2D eigenvalue weighted by molar-refractivity contribution is -0.118. The predicted molar refractivity (Wildman–Crippen MR) is 86.1 cm³/mol. The molecule has 2 aromatic rings. The molecule has 1 aliphatic rings. The summed E-state index contributed by atoms with van der Waals surface area (Å²) >= 11 is 0. The first-order chi connectivity index (χ1) is 10.1. The van der Waals surface area contributed by atoms with E-state index in [0.717, 1.165) is 12.1 Å². The molecule has 1 aliphatic carbocycles. The second-order valence-corrected chi connectivity index (χ2v) is 5.96. The summed E-state index contributed by atoms with van der Waals surface area (Å²) in [4.78, 5) is 12.0. The first-order valence-corrected chi connectivity index (χ1v) is 7.34. The van der Waals surface area contributed by atoms with Crippen LogP contribution in [0.2, 0.25) is 0 Å². The van der Waals surface area contributed by atoms with Gasteiger partial charge < -0.3 is 11.1 Å². The average molecular weight is 280 g/mol. The molecule has 0 bridgehead atoms. The fourth-order valence-corrected chi connectivity index (χ4v) is 2.75. The maximum Gasteiger partial charge on any atom is 0.241 e. The number of benzene rings is 2. The van der Waals surface area contributed by atoms with Crippen molar-refractivity contribution in [1.29, 1.82) is 0 Å². The van der Waals surface area contributed by atoms with E-state index in [4.69, 9.17) is 5.73 Å². The van der Waals surface area contributed by atoms with Gasteiger partial charge in [0.15, 0.2) is 0 Å². The van der Waals surface area contributed by atoms with Gasteiger partial charge in [-0.3, -0.25) is 4.79 Å². The number of carbonyl (C=O) groups is 1. The van der Waals surface area contributed by atoms with Crippen molar-refractivity contribution in [3.8, 4) is 11.1 Å². The summed E-state index contributed by atoms with van der Waals surface area (Å²) in [7, 11) is 0. The molecule has 0 aliphatic heterocycles. The van der Waals surface area contributed by atoms with Gasteiger partial charge in [0.2, 0.25) is 5.91 Å². The number of hydrogen-bond donors (Lipinski definition) is 2. The van der Waals surface area contributed by atoms with Crippen LogP contribution in [0.25, 0.3) is 11.1 Å². The van der Waals surface area contributed by atoms with Crippen LogP contribution in [-0.4, -0.2) is 11.9 Å². The third-order valence-electron chi connectivity index (χ3n) is 4.08. The largest absolute Gasteiger partial charge is 0.325 e. The second kappa shape index (κ2) is 5.34. The monoisotopic (exact) mass is 280 g/mol. The van der Waals surface area contributed by atoms with Crippen LogP contribution in [0.3, 0.4) is 0 Å². The smallest absolute Gasteiger partial charge is 0.241 e. The summed E-state index contributed by atoms with van der Waals surface area (Å²) < 4.78 is 0. The summed E-state index contributed by atoms with van der Waals surface area (Å²) in [5.41, 5.74) is 11.9. The van der Waals surface area contributed by atoms with Gasteiger partial charge in [0, 0.05) is 5.69 Å². The van der Waals surface area contributed by atoms with Crippen LogP contribution in [-0.2, 0) is 11.2 Å². The Morgan fingerprint density at radius 3 is 2.57 bits per heavy atom. The molecule has 0 heterocycles. The molecule has 1 amide bonds. The average Bonchev–Trinajstić information content (AvgIpc) is 2.83. The Balaban J connectivity index is 1.83. The van der Waals surface area contributed by atoms with Gasteiger partial charge in [0.1, 0.15) is 0 Å². The van der Waals surface area contributed by atoms with Crippen molar-refractivity contribution in [2.24, 2.45) is 11.7 Å². The Morgan fingerprint density at radius 2 is 1.81 bits per heavy atom. The van der Waals surface area contributed by atoms with Gasteiger partial charge in [0.25, 0.3) is 0 Å². The first kappa shape index (κ1) is 13.8. The van der Waals surface area contributed by atoms with Crippen LogP contribution in [0.5, 0.6) is 0 Å². The zero-order valence-electron chi connectivity index (χ0n) is 12.4. The van der Waals surface area contributed by atoms with Gasteiger partial charge in [-0.05, 0) is 46.7 Å². The van der Waals surface area contributed by atoms with Crippen molar-refractivity contribution >= 4 is 11.6 Å². The van der Waals surface area contributed by atoms with Gasteiger partial charge in [-0.25, -0.2) is 0 Å². The fourth-order valence-electron chi connectivity index (χ4n) is 2.75. The van der Waals surface area contributed by atoms with Gasteiger partial charge in [-0.2, -0.15) is 0 Å². The van der Waals surface area contributed by atoms with E-state index < -0.39 is 6.04 Å². The van der Waals surface area contributed by atoms with E-state index >= 15 is 0 Å². The van der Waals surface area contributed by atoms with Crippen molar-refractivity contribution in [2.75, 3.05) is 5.32 Å². The number of rotatable bonds is 3. The van der Waals surface area contributed by atoms with Crippen molar-refractivity contribution in [1.82, 2.24) is 0 Å². The second-order valence-electron chi connectivity index (χ2n) is 5.96. The van der Waals surface area contributed by atoms with E-state index in [0.29, 0.717) is 0 Å². The normalized spacial score (nSPS) is 13.7. The molecule has 0 fully saturated rings. The molecule has 0 spiro atoms. The highest BCUT2D eigenvalue weighted by molar-refractivity contribution is 5.95. The summed E-state index contributed by atoms with van der Waals surface area (Å²) in [6.45, 7) is 3.90. The quantitative estimate of drug-likeness (QED) is 0.774. The van der Waals surface area contributed by atoms with Crippen LogP contribution < -0.4 is 11.1 Å². The maximum atomic E-state index is 12.0. The number of anilines is 1. The third-order valence-corrected chi connectivity index (χ3v) is 4.08. The van der Waals surface area contributed by atoms with E-state index in [1.165, 1.54) is 22.3 Å². The van der Waals surface area contributed by atoms with Crippen LogP contribution in [0.4, 0.5) is 5.69 Å². The number of carbonyl (C=O) groups excluding carboxylic acids is 1. The molecule has 21 heavy (non-hydrogen) atoms. The highest BCUT2D eigenvalue weighted by Gasteiger charge is 2.20. The molecule has 2 aromatic carbocycles. The van der Waals surface area contributed by atoms with E-state index in [-0.39, 0.29) is 11.8 Å². The SMILES string of the molecule is CC(C)[C@H](N)C(=O)Nc1ccc2c(c1)Cc1ccccc1-2. The lowest BCUT2D eigenvalue weighted by Gasteiger charge is -2.15. The van der Waals surface area contributed by atoms with E-state index in [1.54, 1.807) is 0 Å². The lowest BCUT2D eigenvalue weighted by Crippen LogP contribution is -2.39. The molecule has 0 saturated carbocycles. The highest BCUT2D eigenvalue weighted by atomic mass is 16.2. The Morgan fingerprint density at radius 1 is 1.10 bits per heavy atom. The topological polar surface area (TPSA) is 55.1 Å². The van der Waals surface area contributed by atoms with Crippen molar-refractivity contribution in [3.63, 3.8) is 0 Å². The van der Waals surface area contributed by atoms with Crippen molar-refractivity contribution in [3.05, 3.63) is 53.6 Å². The van der Waals surface area contributed by atoms with E-state index in [9.17, 15) is 4.79 Å². The summed E-state index contributed by atoms with van der Waals surface area (Å²) in [5, 5.41) is 2.92. The number of amides is 1. The number of nitrogens with two attached hydrogens (primary N) is 1. The summed E-state index contributed by atoms with van der Waals surface area (Å²) in [5.74, 6) is 0.00384. The lowest BCUT2D eigenvalue weighted by atomic mass is 10.0. The molecule has 0 unspecified atom stereocenters. The summed E-state index contributed by atoms with van der Waals surface area (Å²) in [6, 6.07) is 14.0. The molecular weight excluding hydrogens is 260 g/mol. The molecule has 3 heteroatoms. The molecule has 108 valence electrons. The van der Waals surface area contributed by atoms with E-state index in [1.807, 2.05) is 19.9 Å². The van der Waals surface area contributed by atoms with Crippen LogP contribution in [0.1, 0.15) is 25.0 Å². The number of fused-ring (bicyclic) bond motifs is 3. The van der Waals surface area contributed by atoms with Crippen LogP contribution in [0, 0.1) is 5.92 Å². The molecule has 0 radical (unpaired) electrons. The Bertz CT molecular complexity index is 691. The van der Waals surface area contributed by atoms with Crippen LogP contribution in [0.15, 0.2) is 42.5 Å². The van der Waals surface area contributed by atoms with E-state index in [2.05, 4.69) is 41.7 Å². The van der Waals surface area contributed by atoms with Crippen LogP contribution >= 0.6 is 0 Å². The Hall–Kier alpha value is -2.13. The number of hydrogen-bond acceptors (Lipinski definition) is 2. The molecule has 0 aromatic heterocycles. The maximum absolute atomic E-state index is 12.0. The van der Waals surface area contributed by atoms with Gasteiger partial charge in [0.05, 0.1) is 6.04 Å². The predicted octanol–water partition coefficient (Wildman–Crippen LogP) is 3.18. The fraction of sp³-hybridized carbons (Fsp3) is 0.278. The Kier molecular flexibility index (Phi) is 3.52. The van der Waals surface area contributed by atoms with Crippen molar-refractivity contribution in [2.45, 2.75) is 26.3 Å². The molecule has 3 nitrogen and oxygen atoms in total. The molecule has 3 rings (SSSR count). The molecule has 1 atom stereocenters. The number of nitrogens with one attached hydrogen (secondary N) is 1. The first-order valence-electron chi connectivity index (χ1n) is 7.34. The highest BCUT2D eigenvalue weighted by Crippen LogP contribution is 2.37. The summed E-state index contributed by atoms with van der Waals surface area (Å²) in [6.07, 6.45) is 0.922. The van der Waals surface area contributed by atoms with Gasteiger partial charge in [-0.1, -0.05) is 44.2 Å². The van der Waals surface area contributed by atoms with Gasteiger partial charge in [-0.15, -0.1) is 0 Å². The molecule has 0 saturated heterocycles. The zero-order valence-corrected chi connectivity index (χ0v) is 12.4. The Labute approximate surface area is 125 Å². The molecular formula is C18H20N2O. The molecule has 3 N–H and O–H groups in total. The standard InChI is InChI=1S/C18H20N2O/c1-11(2)17(19)18(21)20-14-7-8-16-13(10-14)9-12-5-3-4-6-15(12)16/h3-8,10-11,17H,9,19H2,1-2H3,(H,20,21)/t17-/m0/s1. The minimum absolute atomic E-state index is 0.125.